The van der Waals surface area contributed by atoms with E-state index in [1.54, 1.807) is 13.8 Å². The first-order valence-corrected chi connectivity index (χ1v) is 7.66. The lowest BCUT2D eigenvalue weighted by molar-refractivity contribution is -0.178. The molecule has 0 aliphatic carbocycles. The van der Waals surface area contributed by atoms with E-state index in [9.17, 15) is 19.5 Å². The summed E-state index contributed by atoms with van der Waals surface area (Å²) in [6, 6.07) is 0. The van der Waals surface area contributed by atoms with Crippen LogP contribution in [0, 0.1) is 11.3 Å². The lowest BCUT2D eigenvalue weighted by atomic mass is 9.82. The summed E-state index contributed by atoms with van der Waals surface area (Å²) >= 11 is 0. The maximum absolute atomic E-state index is 12.4. The van der Waals surface area contributed by atoms with Gasteiger partial charge in [-0.25, -0.2) is 0 Å². The van der Waals surface area contributed by atoms with Crippen LogP contribution in [0.1, 0.15) is 46.5 Å². The number of esters is 1. The molecule has 0 radical (unpaired) electrons. The molecular formula is C15H25NO6. The SMILES string of the molecule is CCC(CC)(C(=O)O)C(=O)OC(NC(C)=O)C1CCOCC1. The lowest BCUT2D eigenvalue weighted by Crippen LogP contribution is -2.49. The normalized spacial score (nSPS) is 17.6. The predicted octanol–water partition coefficient (Wildman–Crippen LogP) is 1.31. The Hall–Kier alpha value is -1.63. The molecule has 2 N–H and O–H groups in total. The van der Waals surface area contributed by atoms with Gasteiger partial charge < -0.3 is 19.9 Å². The fourth-order valence-corrected chi connectivity index (χ4v) is 2.62. The molecule has 0 bridgehead atoms. The van der Waals surface area contributed by atoms with Crippen LogP contribution in [-0.4, -0.2) is 42.4 Å². The Morgan fingerprint density at radius 3 is 2.23 bits per heavy atom. The third-order valence-electron chi connectivity index (χ3n) is 4.28. The number of carbonyl (C=O) groups is 3. The van der Waals surface area contributed by atoms with Crippen LogP contribution in [0.3, 0.4) is 0 Å². The van der Waals surface area contributed by atoms with Crippen LogP contribution in [0.5, 0.6) is 0 Å². The zero-order valence-corrected chi connectivity index (χ0v) is 13.4. The summed E-state index contributed by atoms with van der Waals surface area (Å²) in [4.78, 5) is 35.3. The number of carbonyl (C=O) groups excluding carboxylic acids is 2. The molecule has 7 heteroatoms. The Kier molecular flexibility index (Phi) is 6.80. The molecule has 0 spiro atoms. The highest BCUT2D eigenvalue weighted by molar-refractivity contribution is 5.99. The number of carboxylic acid groups (broad SMARTS) is 1. The second-order valence-electron chi connectivity index (χ2n) is 5.57. The van der Waals surface area contributed by atoms with E-state index in [1.165, 1.54) is 6.92 Å². The van der Waals surface area contributed by atoms with Crippen molar-refractivity contribution in [1.82, 2.24) is 5.32 Å². The number of rotatable bonds is 7. The first kappa shape index (κ1) is 18.4. The van der Waals surface area contributed by atoms with Crippen LogP contribution >= 0.6 is 0 Å². The zero-order valence-electron chi connectivity index (χ0n) is 13.4. The molecule has 1 atom stereocenters. The van der Waals surface area contributed by atoms with Crippen LogP contribution in [-0.2, 0) is 23.9 Å². The number of nitrogens with one attached hydrogen (secondary N) is 1. The largest absolute Gasteiger partial charge is 0.480 e. The number of hydrogen-bond donors (Lipinski definition) is 2. The van der Waals surface area contributed by atoms with Gasteiger partial charge in [-0.2, -0.15) is 0 Å². The molecule has 7 nitrogen and oxygen atoms in total. The van der Waals surface area contributed by atoms with Gasteiger partial charge in [0.15, 0.2) is 11.6 Å². The molecule has 1 aliphatic heterocycles. The predicted molar refractivity (Wildman–Crippen MR) is 77.9 cm³/mol. The van der Waals surface area contributed by atoms with Gasteiger partial charge in [-0.15, -0.1) is 0 Å². The van der Waals surface area contributed by atoms with Gasteiger partial charge in [-0.05, 0) is 25.7 Å². The average Bonchev–Trinajstić information content (AvgIpc) is 2.48. The highest BCUT2D eigenvalue weighted by Crippen LogP contribution is 2.30. The molecule has 0 aromatic heterocycles. The number of hydrogen-bond acceptors (Lipinski definition) is 5. The van der Waals surface area contributed by atoms with E-state index in [0.29, 0.717) is 26.1 Å². The third-order valence-corrected chi connectivity index (χ3v) is 4.28. The van der Waals surface area contributed by atoms with Crippen LogP contribution in [0.25, 0.3) is 0 Å². The van der Waals surface area contributed by atoms with Gasteiger partial charge in [0, 0.05) is 26.1 Å². The molecular weight excluding hydrogens is 290 g/mol. The van der Waals surface area contributed by atoms with Gasteiger partial charge in [0.05, 0.1) is 0 Å². The quantitative estimate of drug-likeness (QED) is 0.417. The van der Waals surface area contributed by atoms with E-state index < -0.39 is 23.6 Å². The minimum Gasteiger partial charge on any atom is -0.480 e. The molecule has 1 amide bonds. The summed E-state index contributed by atoms with van der Waals surface area (Å²) in [6.45, 7) is 5.68. The van der Waals surface area contributed by atoms with E-state index >= 15 is 0 Å². The lowest BCUT2D eigenvalue weighted by Gasteiger charge is -2.33. The van der Waals surface area contributed by atoms with E-state index in [2.05, 4.69) is 5.32 Å². The monoisotopic (exact) mass is 315 g/mol. The van der Waals surface area contributed by atoms with Crippen LogP contribution < -0.4 is 5.32 Å². The summed E-state index contributed by atoms with van der Waals surface area (Å²) in [6.07, 6.45) is 0.759. The molecule has 1 unspecified atom stereocenters. The van der Waals surface area contributed by atoms with E-state index in [-0.39, 0.29) is 24.7 Å². The standard InChI is InChI=1S/C15H25NO6/c1-4-15(5-2,13(18)19)14(20)22-12(16-10(3)17)11-6-8-21-9-7-11/h11-12H,4-9H2,1-3H3,(H,16,17)(H,18,19). The first-order valence-electron chi connectivity index (χ1n) is 7.66. The summed E-state index contributed by atoms with van der Waals surface area (Å²) in [7, 11) is 0. The maximum atomic E-state index is 12.4. The van der Waals surface area contributed by atoms with Gasteiger partial charge >= 0.3 is 11.9 Å². The number of carboxylic acids is 1. The minimum absolute atomic E-state index is 0.0678. The number of aliphatic carboxylic acids is 1. The van der Waals surface area contributed by atoms with Crippen molar-refractivity contribution < 1.29 is 29.0 Å². The van der Waals surface area contributed by atoms with Crippen molar-refractivity contribution in [3.63, 3.8) is 0 Å². The van der Waals surface area contributed by atoms with Gasteiger partial charge in [-0.1, -0.05) is 13.8 Å². The van der Waals surface area contributed by atoms with Crippen molar-refractivity contribution in [1.29, 1.82) is 0 Å². The van der Waals surface area contributed by atoms with Gasteiger partial charge in [-0.3, -0.25) is 14.4 Å². The van der Waals surface area contributed by atoms with E-state index in [0.717, 1.165) is 0 Å². The molecule has 1 saturated heterocycles. The number of ether oxygens (including phenoxy) is 2. The maximum Gasteiger partial charge on any atom is 0.325 e. The van der Waals surface area contributed by atoms with E-state index in [1.807, 2.05) is 0 Å². The van der Waals surface area contributed by atoms with Crippen molar-refractivity contribution in [2.45, 2.75) is 52.7 Å². The summed E-state index contributed by atoms with van der Waals surface area (Å²) in [5.74, 6) is -2.38. The third kappa shape index (κ3) is 4.19. The van der Waals surface area contributed by atoms with Gasteiger partial charge in [0.2, 0.25) is 5.91 Å². The van der Waals surface area contributed by atoms with Crippen LogP contribution in [0.2, 0.25) is 0 Å². The topological polar surface area (TPSA) is 102 Å². The van der Waals surface area contributed by atoms with Crippen molar-refractivity contribution in [3.05, 3.63) is 0 Å². The highest BCUT2D eigenvalue weighted by Gasteiger charge is 2.46. The van der Waals surface area contributed by atoms with Crippen LogP contribution in [0.15, 0.2) is 0 Å². The fraction of sp³-hybridized carbons (Fsp3) is 0.800. The Balaban J connectivity index is 2.89. The molecule has 0 aromatic carbocycles. The zero-order chi connectivity index (χ0) is 16.8. The van der Waals surface area contributed by atoms with Crippen LogP contribution in [0.4, 0.5) is 0 Å². The highest BCUT2D eigenvalue weighted by atomic mass is 16.6. The van der Waals surface area contributed by atoms with Crippen molar-refractivity contribution in [2.75, 3.05) is 13.2 Å². The summed E-state index contributed by atoms with van der Waals surface area (Å²) in [5.41, 5.74) is -1.57. The average molecular weight is 315 g/mol. The van der Waals surface area contributed by atoms with E-state index in [4.69, 9.17) is 9.47 Å². The Morgan fingerprint density at radius 2 is 1.82 bits per heavy atom. The minimum atomic E-state index is -1.57. The van der Waals surface area contributed by atoms with Crippen molar-refractivity contribution in [3.8, 4) is 0 Å². The molecule has 0 aromatic rings. The Morgan fingerprint density at radius 1 is 1.27 bits per heavy atom. The van der Waals surface area contributed by atoms with Crippen molar-refractivity contribution >= 4 is 17.8 Å². The number of amides is 1. The molecule has 1 rings (SSSR count). The molecule has 1 fully saturated rings. The first-order chi connectivity index (χ1) is 10.4. The molecule has 126 valence electrons. The summed E-state index contributed by atoms with van der Waals surface area (Å²) in [5, 5.41) is 12.0. The smallest absolute Gasteiger partial charge is 0.325 e. The molecule has 1 aliphatic rings. The van der Waals surface area contributed by atoms with Gasteiger partial charge in [0.25, 0.3) is 0 Å². The molecule has 1 heterocycles. The second-order valence-corrected chi connectivity index (χ2v) is 5.57. The molecule has 0 saturated carbocycles. The fourth-order valence-electron chi connectivity index (χ4n) is 2.62. The van der Waals surface area contributed by atoms with Crippen molar-refractivity contribution in [2.24, 2.45) is 11.3 Å². The van der Waals surface area contributed by atoms with Gasteiger partial charge in [0.1, 0.15) is 0 Å². The summed E-state index contributed by atoms with van der Waals surface area (Å²) < 4.78 is 10.7. The Labute approximate surface area is 130 Å². The second kappa shape index (κ2) is 8.12. The molecule has 22 heavy (non-hydrogen) atoms. The Bertz CT molecular complexity index is 412.